The average molecular weight is 288 g/mol. The van der Waals surface area contributed by atoms with Gasteiger partial charge in [-0.25, -0.2) is 20.0 Å². The zero-order valence-electron chi connectivity index (χ0n) is 10.8. The molecule has 0 atom stereocenters. The highest BCUT2D eigenvalue weighted by molar-refractivity contribution is 7.92. The van der Waals surface area contributed by atoms with E-state index in [0.29, 0.717) is 0 Å². The number of benzene rings is 1. The third kappa shape index (κ3) is 2.75. The molecule has 0 aliphatic heterocycles. The Morgan fingerprint density at radius 1 is 1.25 bits per heavy atom. The second-order valence-corrected chi connectivity index (χ2v) is 5.89. The molecule has 7 heteroatoms. The van der Waals surface area contributed by atoms with Gasteiger partial charge in [0.15, 0.2) is 5.82 Å². The van der Waals surface area contributed by atoms with Crippen molar-refractivity contribution in [2.24, 2.45) is 0 Å². The first kappa shape index (κ1) is 14.0. The summed E-state index contributed by atoms with van der Waals surface area (Å²) in [7, 11) is -3.82. The van der Waals surface area contributed by atoms with Gasteiger partial charge in [-0.1, -0.05) is 17.7 Å². The van der Waals surface area contributed by atoms with Crippen molar-refractivity contribution in [3.8, 4) is 0 Å². The smallest absolute Gasteiger partial charge is 0.292 e. The second kappa shape index (κ2) is 5.67. The van der Waals surface area contributed by atoms with Crippen LogP contribution < -0.4 is 4.31 Å². The van der Waals surface area contributed by atoms with Crippen molar-refractivity contribution in [1.29, 1.82) is 0 Å². The van der Waals surface area contributed by atoms with Crippen LogP contribution in [0.1, 0.15) is 5.56 Å². The van der Waals surface area contributed by atoms with Gasteiger partial charge in [0, 0.05) is 12.4 Å². The number of aromatic nitrogens is 2. The first-order chi connectivity index (χ1) is 9.55. The maximum atomic E-state index is 12.5. The molecule has 1 aromatic carbocycles. The zero-order chi connectivity index (χ0) is 14.6. The quantitative estimate of drug-likeness (QED) is 0.805. The molecule has 0 amide bonds. The van der Waals surface area contributed by atoms with E-state index < -0.39 is 10.0 Å². The molecule has 1 heterocycles. The third-order valence-corrected chi connectivity index (χ3v) is 4.36. The zero-order valence-corrected chi connectivity index (χ0v) is 11.6. The fraction of sp³-hybridized carbons (Fsp3) is 0.154. The van der Waals surface area contributed by atoms with E-state index in [1.165, 1.54) is 30.7 Å². The molecule has 0 N–H and O–H groups in total. The Kier molecular flexibility index (Phi) is 3.96. The summed E-state index contributed by atoms with van der Waals surface area (Å²) in [6, 6.07) is 6.44. The summed E-state index contributed by atoms with van der Waals surface area (Å²) in [5.41, 5.74) is 0.959. The van der Waals surface area contributed by atoms with Gasteiger partial charge in [0.2, 0.25) is 0 Å². The molecular weight excluding hydrogens is 276 g/mol. The van der Waals surface area contributed by atoms with Crippen molar-refractivity contribution in [3.05, 3.63) is 59.8 Å². The molecule has 0 saturated heterocycles. The van der Waals surface area contributed by atoms with Gasteiger partial charge in [0.05, 0.1) is 11.1 Å². The van der Waals surface area contributed by atoms with E-state index in [1.54, 1.807) is 12.1 Å². The van der Waals surface area contributed by atoms with E-state index in [9.17, 15) is 8.42 Å². The van der Waals surface area contributed by atoms with Crippen LogP contribution in [0.25, 0.3) is 4.85 Å². The highest BCUT2D eigenvalue weighted by Gasteiger charge is 2.28. The monoisotopic (exact) mass is 288 g/mol. The van der Waals surface area contributed by atoms with Crippen LogP contribution in [0.15, 0.2) is 47.8 Å². The molecule has 102 valence electrons. The number of nitrogens with zero attached hydrogens (tertiary/aromatic N) is 4. The summed E-state index contributed by atoms with van der Waals surface area (Å²) in [5, 5.41) is 0. The molecular formula is C13H12N4O2S. The van der Waals surface area contributed by atoms with Crippen LogP contribution in [0.4, 0.5) is 5.82 Å². The van der Waals surface area contributed by atoms with Crippen LogP contribution in [0.3, 0.4) is 0 Å². The normalized spacial score (nSPS) is 10.8. The highest BCUT2D eigenvalue weighted by atomic mass is 32.2. The van der Waals surface area contributed by atoms with Crippen LogP contribution in [-0.4, -0.2) is 25.1 Å². The summed E-state index contributed by atoms with van der Waals surface area (Å²) in [6.45, 7) is 8.46. The van der Waals surface area contributed by atoms with Crippen molar-refractivity contribution >= 4 is 15.8 Å². The standard InChI is InChI=1S/C13H12N4O2S/c1-11-3-5-12(6-4-11)20(18,19)17(10-14-2)13-9-15-7-8-16-13/h3-9H,10H2,1H3. The number of hydrogen-bond acceptors (Lipinski definition) is 4. The Morgan fingerprint density at radius 3 is 2.50 bits per heavy atom. The van der Waals surface area contributed by atoms with Gasteiger partial charge in [0.1, 0.15) is 0 Å². The molecule has 0 unspecified atom stereocenters. The van der Waals surface area contributed by atoms with Crippen LogP contribution >= 0.6 is 0 Å². The minimum Gasteiger partial charge on any atom is -0.292 e. The summed E-state index contributed by atoms with van der Waals surface area (Å²) >= 11 is 0. The van der Waals surface area contributed by atoms with E-state index >= 15 is 0 Å². The Labute approximate surface area is 117 Å². The molecule has 2 aromatic rings. The average Bonchev–Trinajstić information content (AvgIpc) is 2.46. The molecule has 2 rings (SSSR count). The van der Waals surface area contributed by atoms with E-state index in [-0.39, 0.29) is 17.4 Å². The molecule has 6 nitrogen and oxygen atoms in total. The van der Waals surface area contributed by atoms with Gasteiger partial charge >= 0.3 is 6.67 Å². The van der Waals surface area contributed by atoms with Crippen LogP contribution in [-0.2, 0) is 10.0 Å². The molecule has 20 heavy (non-hydrogen) atoms. The topological polar surface area (TPSA) is 67.5 Å². The Balaban J connectivity index is 2.48. The minimum absolute atomic E-state index is 0.123. The van der Waals surface area contributed by atoms with E-state index in [2.05, 4.69) is 14.8 Å². The Hall–Kier alpha value is -2.46. The van der Waals surface area contributed by atoms with Gasteiger partial charge in [-0.3, -0.25) is 9.83 Å². The maximum absolute atomic E-state index is 12.5. The van der Waals surface area contributed by atoms with Crippen molar-refractivity contribution in [1.82, 2.24) is 9.97 Å². The van der Waals surface area contributed by atoms with E-state index in [0.717, 1.165) is 9.87 Å². The first-order valence-electron chi connectivity index (χ1n) is 5.74. The number of hydrogen-bond donors (Lipinski definition) is 0. The Bertz CT molecular complexity index is 721. The van der Waals surface area contributed by atoms with Crippen molar-refractivity contribution in [3.63, 3.8) is 0 Å². The van der Waals surface area contributed by atoms with Gasteiger partial charge in [-0.05, 0) is 19.1 Å². The Morgan fingerprint density at radius 2 is 1.95 bits per heavy atom. The number of rotatable bonds is 4. The lowest BCUT2D eigenvalue weighted by Gasteiger charge is -2.17. The number of sulfonamides is 1. The van der Waals surface area contributed by atoms with E-state index in [1.807, 2.05) is 6.92 Å². The first-order valence-corrected chi connectivity index (χ1v) is 7.18. The highest BCUT2D eigenvalue weighted by Crippen LogP contribution is 2.21. The van der Waals surface area contributed by atoms with Gasteiger partial charge in [-0.15, -0.1) is 0 Å². The fourth-order valence-electron chi connectivity index (χ4n) is 1.59. The molecule has 1 aromatic heterocycles. The minimum atomic E-state index is -3.82. The summed E-state index contributed by atoms with van der Waals surface area (Å²) in [6.07, 6.45) is 4.14. The number of anilines is 1. The molecule has 0 saturated carbocycles. The van der Waals surface area contributed by atoms with Gasteiger partial charge in [-0.2, -0.15) is 4.31 Å². The summed E-state index contributed by atoms with van der Waals surface area (Å²) in [5.74, 6) is 0.129. The summed E-state index contributed by atoms with van der Waals surface area (Å²) < 4.78 is 26.0. The molecule has 0 aliphatic carbocycles. The van der Waals surface area contributed by atoms with Crippen LogP contribution in [0, 0.1) is 13.5 Å². The third-order valence-electron chi connectivity index (χ3n) is 2.61. The second-order valence-electron chi connectivity index (χ2n) is 4.03. The van der Waals surface area contributed by atoms with Gasteiger partial charge in [0.25, 0.3) is 10.0 Å². The van der Waals surface area contributed by atoms with Crippen molar-refractivity contribution < 1.29 is 8.42 Å². The molecule has 0 radical (unpaired) electrons. The lowest BCUT2D eigenvalue weighted by molar-refractivity contribution is 0.592. The van der Waals surface area contributed by atoms with E-state index in [4.69, 9.17) is 6.57 Å². The van der Waals surface area contributed by atoms with Crippen molar-refractivity contribution in [2.75, 3.05) is 11.0 Å². The molecule has 0 spiro atoms. The maximum Gasteiger partial charge on any atom is 0.303 e. The lowest BCUT2D eigenvalue weighted by Crippen LogP contribution is -2.31. The predicted molar refractivity (Wildman–Crippen MR) is 74.3 cm³/mol. The van der Waals surface area contributed by atoms with Crippen molar-refractivity contribution in [2.45, 2.75) is 11.8 Å². The molecule has 0 bridgehead atoms. The summed E-state index contributed by atoms with van der Waals surface area (Å²) in [4.78, 5) is 11.1. The fourth-order valence-corrected chi connectivity index (χ4v) is 2.88. The van der Waals surface area contributed by atoms with Gasteiger partial charge < -0.3 is 0 Å². The molecule has 0 aliphatic rings. The predicted octanol–water partition coefficient (Wildman–Crippen LogP) is 1.86. The SMILES string of the molecule is [C-]#[N+]CN(c1cnccn1)S(=O)(=O)c1ccc(C)cc1. The number of aryl methyl sites for hydroxylation is 1. The molecule has 0 fully saturated rings. The van der Waals surface area contributed by atoms with Crippen LogP contribution in [0.2, 0.25) is 0 Å². The van der Waals surface area contributed by atoms with Crippen LogP contribution in [0.5, 0.6) is 0 Å². The lowest BCUT2D eigenvalue weighted by atomic mass is 10.2. The largest absolute Gasteiger partial charge is 0.303 e.